The van der Waals surface area contributed by atoms with E-state index < -0.39 is 67.2 Å². The number of halogens is 1. The molecule has 1 saturated carbocycles. The van der Waals surface area contributed by atoms with Crippen molar-refractivity contribution in [3.05, 3.63) is 59.9 Å². The summed E-state index contributed by atoms with van der Waals surface area (Å²) in [5, 5.41) is 0. The van der Waals surface area contributed by atoms with E-state index in [1.807, 2.05) is 6.07 Å². The van der Waals surface area contributed by atoms with E-state index in [2.05, 4.69) is 23.0 Å². The Labute approximate surface area is 320 Å². The molecule has 1 saturated heterocycles. The molecule has 0 N–H and O–H groups in total. The van der Waals surface area contributed by atoms with Gasteiger partial charge in [-0.1, -0.05) is 57.7 Å². The first-order valence-electron chi connectivity index (χ1n) is 18.6. The third-order valence-corrected chi connectivity index (χ3v) is 9.72. The number of hydrogen-bond acceptors (Lipinski definition) is 13. The maximum atomic E-state index is 15.9. The van der Waals surface area contributed by atoms with Gasteiger partial charge in [0, 0.05) is 22.8 Å². The molecule has 2 fully saturated rings. The van der Waals surface area contributed by atoms with Crippen molar-refractivity contribution in [1.82, 2.24) is 0 Å². The van der Waals surface area contributed by atoms with E-state index in [-0.39, 0.29) is 47.3 Å². The number of ether oxygens (including phenoxy) is 8. The van der Waals surface area contributed by atoms with Gasteiger partial charge in [0.2, 0.25) is 0 Å². The fraction of sp³-hybridized carbons (Fsp3) is 0.537. The SMILES string of the molecule is C=C(C)C(=O)Oc1cc(OCC(COC(=O)C(=O)OC)(COC(=O)C(=O)OC)COC2CO2)ccc1-c1ccc(C2CCC(CCCCCC)CC2)cc1F. The Bertz CT molecular complexity index is 1640. The molecule has 13 nitrogen and oxygen atoms in total. The van der Waals surface area contributed by atoms with Gasteiger partial charge < -0.3 is 37.9 Å². The highest BCUT2D eigenvalue weighted by Gasteiger charge is 2.40. The number of rotatable bonds is 19. The summed E-state index contributed by atoms with van der Waals surface area (Å²) in [5.41, 5.74) is -0.000357. The standard InChI is InChI=1S/C41H51FO13/c1-6-7-8-9-10-27-11-13-28(14-12-27)29-15-17-31(33(42)19-29)32-18-16-30(20-34(32)55-36(43)26(2)3)51-22-41(23-52-35-21-50-35,24-53-39(46)37(44)48-4)25-54-40(47)38(45)49-5/h15-20,27-28,35H,2,6-14,21-25H2,1,3-5H3. The summed E-state index contributed by atoms with van der Waals surface area (Å²) in [6.45, 7) is 5.71. The molecule has 14 heteroatoms. The number of esters is 5. The summed E-state index contributed by atoms with van der Waals surface area (Å²) in [7, 11) is 1.99. The smallest absolute Gasteiger partial charge is 0.417 e. The van der Waals surface area contributed by atoms with Crippen LogP contribution in [0, 0.1) is 17.2 Å². The zero-order valence-electron chi connectivity index (χ0n) is 32.0. The average molecular weight is 771 g/mol. The van der Waals surface area contributed by atoms with Gasteiger partial charge in [-0.2, -0.15) is 0 Å². The van der Waals surface area contributed by atoms with E-state index in [4.69, 9.17) is 28.4 Å². The Morgan fingerprint density at radius 3 is 2.00 bits per heavy atom. The van der Waals surface area contributed by atoms with Crippen LogP contribution in [-0.4, -0.2) is 83.4 Å². The Morgan fingerprint density at radius 2 is 1.44 bits per heavy atom. The Balaban J connectivity index is 1.57. The zero-order chi connectivity index (χ0) is 40.0. The molecule has 0 amide bonds. The molecule has 0 radical (unpaired) electrons. The molecule has 1 aliphatic carbocycles. The van der Waals surface area contributed by atoms with E-state index in [1.165, 1.54) is 57.2 Å². The van der Waals surface area contributed by atoms with Gasteiger partial charge in [0.05, 0.1) is 26.2 Å². The molecule has 0 aromatic heterocycles. The minimum absolute atomic E-state index is 0.0248. The van der Waals surface area contributed by atoms with Crippen LogP contribution < -0.4 is 9.47 Å². The van der Waals surface area contributed by atoms with Crippen LogP contribution in [0.2, 0.25) is 0 Å². The first kappa shape index (κ1) is 42.9. The monoisotopic (exact) mass is 770 g/mol. The molecule has 1 atom stereocenters. The highest BCUT2D eigenvalue weighted by molar-refractivity contribution is 6.30. The largest absolute Gasteiger partial charge is 0.493 e. The van der Waals surface area contributed by atoms with Crippen LogP contribution in [0.5, 0.6) is 11.5 Å². The second-order valence-corrected chi connectivity index (χ2v) is 14.1. The summed E-state index contributed by atoms with van der Waals surface area (Å²) in [6, 6.07) is 9.58. The van der Waals surface area contributed by atoms with Crippen molar-refractivity contribution >= 4 is 29.8 Å². The predicted octanol–water partition coefficient (Wildman–Crippen LogP) is 6.39. The normalized spacial score (nSPS) is 17.7. The van der Waals surface area contributed by atoms with Crippen LogP contribution >= 0.6 is 0 Å². The molecule has 300 valence electrons. The van der Waals surface area contributed by atoms with Gasteiger partial charge in [0.1, 0.15) is 43.7 Å². The minimum Gasteiger partial charge on any atom is -0.493 e. The van der Waals surface area contributed by atoms with Crippen molar-refractivity contribution in [2.24, 2.45) is 11.3 Å². The Morgan fingerprint density at radius 1 is 0.800 bits per heavy atom. The second-order valence-electron chi connectivity index (χ2n) is 14.1. The number of benzene rings is 2. The number of unbranched alkanes of at least 4 members (excludes halogenated alkanes) is 3. The molecule has 0 bridgehead atoms. The Kier molecular flexibility index (Phi) is 16.2. The van der Waals surface area contributed by atoms with Gasteiger partial charge in [-0.3, -0.25) is 0 Å². The summed E-state index contributed by atoms with van der Waals surface area (Å²) in [4.78, 5) is 60.8. The lowest BCUT2D eigenvalue weighted by Crippen LogP contribution is -2.45. The van der Waals surface area contributed by atoms with E-state index >= 15 is 4.39 Å². The van der Waals surface area contributed by atoms with Crippen molar-refractivity contribution < 1.29 is 66.3 Å². The Hall–Kier alpha value is -4.82. The lowest BCUT2D eigenvalue weighted by molar-refractivity contribution is -0.177. The summed E-state index contributed by atoms with van der Waals surface area (Å²) in [6.07, 6.45) is 9.96. The molecular formula is C41H51FO13. The minimum atomic E-state index is -1.53. The summed E-state index contributed by atoms with van der Waals surface area (Å²) < 4.78 is 57.6. The number of carbonyl (C=O) groups excluding carboxylic acids is 5. The van der Waals surface area contributed by atoms with Gasteiger partial charge in [-0.15, -0.1) is 0 Å². The van der Waals surface area contributed by atoms with E-state index in [0.29, 0.717) is 0 Å². The first-order chi connectivity index (χ1) is 26.4. The maximum Gasteiger partial charge on any atom is 0.417 e. The highest BCUT2D eigenvalue weighted by Crippen LogP contribution is 2.41. The molecule has 55 heavy (non-hydrogen) atoms. The second kappa shape index (κ2) is 20.7. The molecular weight excluding hydrogens is 719 g/mol. The average Bonchev–Trinajstić information content (AvgIpc) is 4.03. The molecule has 1 heterocycles. The van der Waals surface area contributed by atoms with Gasteiger partial charge in [-0.05, 0) is 68.2 Å². The first-order valence-corrected chi connectivity index (χ1v) is 18.6. The van der Waals surface area contributed by atoms with Crippen LogP contribution in [0.15, 0.2) is 48.6 Å². The molecule has 2 aliphatic rings. The van der Waals surface area contributed by atoms with Crippen molar-refractivity contribution in [2.45, 2.75) is 83.8 Å². The predicted molar refractivity (Wildman–Crippen MR) is 195 cm³/mol. The highest BCUT2D eigenvalue weighted by atomic mass is 19.1. The van der Waals surface area contributed by atoms with Gasteiger partial charge in [0.15, 0.2) is 6.29 Å². The van der Waals surface area contributed by atoms with E-state index in [1.54, 1.807) is 12.1 Å². The molecule has 4 rings (SSSR count). The molecule has 2 aromatic carbocycles. The van der Waals surface area contributed by atoms with Crippen molar-refractivity contribution in [3.8, 4) is 22.6 Å². The molecule has 2 aromatic rings. The molecule has 1 unspecified atom stereocenters. The molecule has 0 spiro atoms. The maximum absolute atomic E-state index is 15.9. The zero-order valence-corrected chi connectivity index (χ0v) is 32.0. The fourth-order valence-corrected chi connectivity index (χ4v) is 6.35. The molecule has 1 aliphatic heterocycles. The van der Waals surface area contributed by atoms with Gasteiger partial charge in [-0.25, -0.2) is 28.4 Å². The van der Waals surface area contributed by atoms with Crippen LogP contribution in [0.25, 0.3) is 11.1 Å². The number of methoxy groups -OCH3 is 2. The third-order valence-electron chi connectivity index (χ3n) is 9.72. The quantitative estimate of drug-likeness (QED) is 0.0294. The third kappa shape index (κ3) is 12.9. The summed E-state index contributed by atoms with van der Waals surface area (Å²) in [5.74, 6) is -5.40. The topological polar surface area (TPSA) is 162 Å². The van der Waals surface area contributed by atoms with Crippen LogP contribution in [0.4, 0.5) is 4.39 Å². The van der Waals surface area contributed by atoms with Crippen molar-refractivity contribution in [3.63, 3.8) is 0 Å². The summed E-state index contributed by atoms with van der Waals surface area (Å²) >= 11 is 0. The van der Waals surface area contributed by atoms with Gasteiger partial charge in [0.25, 0.3) is 0 Å². The van der Waals surface area contributed by atoms with Crippen molar-refractivity contribution in [2.75, 3.05) is 47.3 Å². The van der Waals surface area contributed by atoms with Crippen LogP contribution in [-0.2, 0) is 52.4 Å². The number of hydrogen-bond donors (Lipinski definition) is 0. The van der Waals surface area contributed by atoms with E-state index in [0.717, 1.165) is 51.4 Å². The number of epoxide rings is 1. The lowest BCUT2D eigenvalue weighted by atomic mass is 9.77. The van der Waals surface area contributed by atoms with Crippen LogP contribution in [0.1, 0.15) is 83.1 Å². The van der Waals surface area contributed by atoms with Crippen LogP contribution in [0.3, 0.4) is 0 Å². The lowest BCUT2D eigenvalue weighted by Gasteiger charge is -2.31. The van der Waals surface area contributed by atoms with Gasteiger partial charge >= 0.3 is 29.8 Å². The fourth-order valence-electron chi connectivity index (χ4n) is 6.35. The number of carbonyl (C=O) groups is 5. The van der Waals surface area contributed by atoms with Crippen molar-refractivity contribution in [1.29, 1.82) is 0 Å². The van der Waals surface area contributed by atoms with E-state index in [9.17, 15) is 24.0 Å².